The summed E-state index contributed by atoms with van der Waals surface area (Å²) in [7, 11) is 0. The molecule has 1 amide bonds. The first-order valence-electron chi connectivity index (χ1n) is 9.20. The monoisotopic (exact) mass is 435 g/mol. The standard InChI is InChI=1S/C22H18ClN5OS/c1-15-2-5-17(12-19(15)23)25-21(29)13-30-22-9-8-20(26-27-22)16-3-6-18(7-4-16)28-11-10-24-14-28/h2-12,14H,13H2,1H3,(H,25,29). The van der Waals surface area contributed by atoms with Crippen LogP contribution in [0.15, 0.2) is 78.3 Å². The summed E-state index contributed by atoms with van der Waals surface area (Å²) in [5, 5.41) is 12.7. The molecule has 2 heterocycles. The fraction of sp³-hybridized carbons (Fsp3) is 0.0909. The van der Waals surface area contributed by atoms with Crippen molar-refractivity contribution in [2.24, 2.45) is 0 Å². The van der Waals surface area contributed by atoms with Crippen molar-refractivity contribution in [3.63, 3.8) is 0 Å². The molecule has 0 bridgehead atoms. The quantitative estimate of drug-likeness (QED) is 0.430. The molecule has 8 heteroatoms. The molecule has 4 aromatic rings. The number of amides is 1. The molecule has 30 heavy (non-hydrogen) atoms. The number of anilines is 1. The number of rotatable bonds is 6. The highest BCUT2D eigenvalue weighted by molar-refractivity contribution is 7.99. The molecule has 0 fully saturated rings. The third-order valence-corrected chi connectivity index (χ3v) is 5.74. The van der Waals surface area contributed by atoms with E-state index in [9.17, 15) is 4.79 Å². The molecule has 0 saturated heterocycles. The molecule has 2 aromatic carbocycles. The van der Waals surface area contributed by atoms with Gasteiger partial charge in [-0.1, -0.05) is 41.6 Å². The second kappa shape index (κ2) is 9.11. The van der Waals surface area contributed by atoms with Gasteiger partial charge >= 0.3 is 0 Å². The smallest absolute Gasteiger partial charge is 0.234 e. The van der Waals surface area contributed by atoms with Crippen LogP contribution in [0, 0.1) is 6.92 Å². The Morgan fingerprint density at radius 3 is 2.60 bits per heavy atom. The van der Waals surface area contributed by atoms with Crippen molar-refractivity contribution < 1.29 is 4.79 Å². The first kappa shape index (κ1) is 20.1. The zero-order valence-electron chi connectivity index (χ0n) is 16.1. The Kier molecular flexibility index (Phi) is 6.11. The molecule has 0 aliphatic heterocycles. The number of carbonyl (C=O) groups excluding carboxylic acids is 1. The number of nitrogens with one attached hydrogen (secondary N) is 1. The van der Waals surface area contributed by atoms with Crippen LogP contribution in [0.1, 0.15) is 5.56 Å². The Morgan fingerprint density at radius 2 is 1.93 bits per heavy atom. The maximum Gasteiger partial charge on any atom is 0.234 e. The Morgan fingerprint density at radius 1 is 1.10 bits per heavy atom. The van der Waals surface area contributed by atoms with Gasteiger partial charge in [-0.2, -0.15) is 0 Å². The Labute approximate surface area is 183 Å². The normalized spacial score (nSPS) is 10.7. The van der Waals surface area contributed by atoms with Crippen LogP contribution in [-0.4, -0.2) is 31.4 Å². The highest BCUT2D eigenvalue weighted by Crippen LogP contribution is 2.23. The molecule has 0 spiro atoms. The molecule has 1 N–H and O–H groups in total. The van der Waals surface area contributed by atoms with Gasteiger partial charge in [0.25, 0.3) is 0 Å². The van der Waals surface area contributed by atoms with Crippen LogP contribution in [0.4, 0.5) is 5.69 Å². The number of hydrogen-bond acceptors (Lipinski definition) is 5. The third-order valence-electron chi connectivity index (χ3n) is 4.41. The molecular formula is C22H18ClN5OS. The number of nitrogens with zero attached hydrogens (tertiary/aromatic N) is 4. The molecule has 2 aromatic heterocycles. The van der Waals surface area contributed by atoms with Gasteiger partial charge in [-0.15, -0.1) is 10.2 Å². The van der Waals surface area contributed by atoms with Gasteiger partial charge in [0.2, 0.25) is 5.91 Å². The van der Waals surface area contributed by atoms with Crippen molar-refractivity contribution in [1.29, 1.82) is 0 Å². The van der Waals surface area contributed by atoms with Crippen LogP contribution >= 0.6 is 23.4 Å². The summed E-state index contributed by atoms with van der Waals surface area (Å²) in [4.78, 5) is 16.2. The summed E-state index contributed by atoms with van der Waals surface area (Å²) in [6.07, 6.45) is 5.39. The molecule has 0 aliphatic carbocycles. The van der Waals surface area contributed by atoms with Crippen molar-refractivity contribution in [2.75, 3.05) is 11.1 Å². The molecule has 0 saturated carbocycles. The van der Waals surface area contributed by atoms with E-state index in [0.29, 0.717) is 15.7 Å². The number of aromatic nitrogens is 4. The van der Waals surface area contributed by atoms with Gasteiger partial charge in [-0.3, -0.25) is 4.79 Å². The van der Waals surface area contributed by atoms with Crippen LogP contribution in [0.5, 0.6) is 0 Å². The zero-order valence-corrected chi connectivity index (χ0v) is 17.7. The van der Waals surface area contributed by atoms with E-state index in [1.807, 2.05) is 66.2 Å². The number of imidazole rings is 1. The molecular weight excluding hydrogens is 418 g/mol. The number of thioether (sulfide) groups is 1. The summed E-state index contributed by atoms with van der Waals surface area (Å²) in [6.45, 7) is 1.92. The highest BCUT2D eigenvalue weighted by atomic mass is 35.5. The highest BCUT2D eigenvalue weighted by Gasteiger charge is 2.07. The summed E-state index contributed by atoms with van der Waals surface area (Å²) in [6, 6.07) is 17.2. The Bertz CT molecular complexity index is 1150. The van der Waals surface area contributed by atoms with Crippen molar-refractivity contribution in [3.05, 3.63) is 83.9 Å². The second-order valence-electron chi connectivity index (χ2n) is 6.57. The first-order valence-corrected chi connectivity index (χ1v) is 10.6. The average molecular weight is 436 g/mol. The molecule has 0 aliphatic rings. The van der Waals surface area contributed by atoms with E-state index < -0.39 is 0 Å². The fourth-order valence-corrected chi connectivity index (χ4v) is 3.57. The largest absolute Gasteiger partial charge is 0.325 e. The van der Waals surface area contributed by atoms with Gasteiger partial charge < -0.3 is 9.88 Å². The van der Waals surface area contributed by atoms with E-state index in [1.165, 1.54) is 11.8 Å². The van der Waals surface area contributed by atoms with Crippen LogP contribution in [0.25, 0.3) is 16.9 Å². The minimum Gasteiger partial charge on any atom is -0.325 e. The minimum absolute atomic E-state index is 0.124. The molecule has 0 atom stereocenters. The van der Waals surface area contributed by atoms with Gasteiger partial charge in [-0.25, -0.2) is 4.98 Å². The predicted octanol–water partition coefficient (Wildman–Crippen LogP) is 5.02. The maximum absolute atomic E-state index is 12.2. The van der Waals surface area contributed by atoms with Crippen LogP contribution < -0.4 is 5.32 Å². The predicted molar refractivity (Wildman–Crippen MR) is 120 cm³/mol. The topological polar surface area (TPSA) is 72.7 Å². The van der Waals surface area contributed by atoms with Gasteiger partial charge in [0.1, 0.15) is 5.03 Å². The lowest BCUT2D eigenvalue weighted by molar-refractivity contribution is -0.113. The lowest BCUT2D eigenvalue weighted by atomic mass is 10.1. The van der Waals surface area contributed by atoms with E-state index in [2.05, 4.69) is 20.5 Å². The number of benzene rings is 2. The van der Waals surface area contributed by atoms with E-state index in [-0.39, 0.29) is 11.7 Å². The number of hydrogen-bond donors (Lipinski definition) is 1. The van der Waals surface area contributed by atoms with Gasteiger partial charge in [0.05, 0.1) is 17.8 Å². The van der Waals surface area contributed by atoms with E-state index in [0.717, 1.165) is 22.5 Å². The Balaban J connectivity index is 1.34. The zero-order chi connectivity index (χ0) is 20.9. The minimum atomic E-state index is -0.124. The van der Waals surface area contributed by atoms with E-state index in [1.54, 1.807) is 18.6 Å². The maximum atomic E-state index is 12.2. The summed E-state index contributed by atoms with van der Waals surface area (Å²) in [5.41, 5.74) is 4.41. The molecule has 150 valence electrons. The molecule has 4 rings (SSSR count). The Hall–Kier alpha value is -3.16. The third kappa shape index (κ3) is 4.87. The van der Waals surface area contributed by atoms with Crippen LogP contribution in [0.2, 0.25) is 5.02 Å². The summed E-state index contributed by atoms with van der Waals surface area (Å²) < 4.78 is 1.94. The fourth-order valence-electron chi connectivity index (χ4n) is 2.77. The number of carbonyl (C=O) groups is 1. The second-order valence-corrected chi connectivity index (χ2v) is 7.98. The van der Waals surface area contributed by atoms with Crippen LogP contribution in [0.3, 0.4) is 0 Å². The van der Waals surface area contributed by atoms with Crippen LogP contribution in [-0.2, 0) is 4.79 Å². The van der Waals surface area contributed by atoms with Crippen molar-refractivity contribution in [2.45, 2.75) is 11.9 Å². The van der Waals surface area contributed by atoms with Crippen molar-refractivity contribution in [1.82, 2.24) is 19.7 Å². The lowest BCUT2D eigenvalue weighted by Crippen LogP contribution is -2.14. The van der Waals surface area contributed by atoms with Crippen molar-refractivity contribution in [3.8, 4) is 16.9 Å². The number of aryl methyl sites for hydroxylation is 1. The summed E-state index contributed by atoms with van der Waals surface area (Å²) in [5.74, 6) is 0.111. The average Bonchev–Trinajstić information content (AvgIpc) is 3.30. The van der Waals surface area contributed by atoms with Crippen molar-refractivity contribution >= 4 is 35.0 Å². The van der Waals surface area contributed by atoms with E-state index >= 15 is 0 Å². The van der Waals surface area contributed by atoms with Gasteiger partial charge in [0, 0.05) is 34.4 Å². The summed E-state index contributed by atoms with van der Waals surface area (Å²) >= 11 is 7.42. The lowest BCUT2D eigenvalue weighted by Gasteiger charge is -2.07. The van der Waals surface area contributed by atoms with E-state index in [4.69, 9.17) is 11.6 Å². The molecule has 0 unspecified atom stereocenters. The molecule has 0 radical (unpaired) electrons. The molecule has 6 nitrogen and oxygen atoms in total. The van der Waals surface area contributed by atoms with Gasteiger partial charge in [-0.05, 0) is 48.9 Å². The number of halogens is 1. The first-order chi connectivity index (χ1) is 14.6. The SMILES string of the molecule is Cc1ccc(NC(=O)CSc2ccc(-c3ccc(-n4ccnc4)cc3)nn2)cc1Cl. The van der Waals surface area contributed by atoms with Gasteiger partial charge in [0.15, 0.2) is 0 Å².